The molecule has 0 radical (unpaired) electrons. The van der Waals surface area contributed by atoms with Crippen LogP contribution in [0.25, 0.3) is 0 Å². The zero-order valence-corrected chi connectivity index (χ0v) is 18.6. The number of hydrogen-bond acceptors (Lipinski definition) is 4. The average molecular weight is 424 g/mol. The van der Waals surface area contributed by atoms with E-state index in [1.54, 1.807) is 24.3 Å². The molecule has 1 aliphatic heterocycles. The summed E-state index contributed by atoms with van der Waals surface area (Å²) >= 11 is 0. The first kappa shape index (κ1) is 23.0. The molecule has 1 heterocycles. The van der Waals surface area contributed by atoms with Crippen LogP contribution < -0.4 is 10.6 Å². The minimum absolute atomic E-state index is 0.153. The predicted molar refractivity (Wildman–Crippen MR) is 122 cm³/mol. The smallest absolute Gasteiger partial charge is 0.251 e. The molecule has 31 heavy (non-hydrogen) atoms. The molecule has 166 valence electrons. The number of aliphatic hydroxyl groups excluding tert-OH is 1. The summed E-state index contributed by atoms with van der Waals surface area (Å²) in [6.45, 7) is 8.97. The lowest BCUT2D eigenvalue weighted by molar-refractivity contribution is 0.0792. The van der Waals surface area contributed by atoms with Gasteiger partial charge >= 0.3 is 0 Å². The minimum Gasteiger partial charge on any atom is -0.393 e. The molecule has 0 aliphatic carbocycles. The second-order valence-electron chi connectivity index (χ2n) is 9.29. The van der Waals surface area contributed by atoms with Crippen molar-refractivity contribution in [3.63, 3.8) is 0 Å². The van der Waals surface area contributed by atoms with E-state index >= 15 is 0 Å². The van der Waals surface area contributed by atoms with E-state index in [-0.39, 0.29) is 23.5 Å². The van der Waals surface area contributed by atoms with Gasteiger partial charge in [0.05, 0.1) is 6.10 Å². The van der Waals surface area contributed by atoms with Crippen LogP contribution in [0.5, 0.6) is 0 Å². The molecule has 6 heteroatoms. The van der Waals surface area contributed by atoms with Crippen LogP contribution in [-0.2, 0) is 13.1 Å². The van der Waals surface area contributed by atoms with Gasteiger partial charge in [-0.1, -0.05) is 24.3 Å². The van der Waals surface area contributed by atoms with Crippen molar-refractivity contribution in [2.75, 3.05) is 13.1 Å². The molecule has 0 atom stereocenters. The number of rotatable bonds is 6. The maximum absolute atomic E-state index is 12.4. The lowest BCUT2D eigenvalue weighted by Crippen LogP contribution is -2.40. The highest BCUT2D eigenvalue weighted by atomic mass is 16.3. The van der Waals surface area contributed by atoms with E-state index in [9.17, 15) is 14.7 Å². The zero-order chi connectivity index (χ0) is 22.4. The first-order chi connectivity index (χ1) is 14.7. The molecule has 3 rings (SSSR count). The molecule has 2 aromatic rings. The Morgan fingerprint density at radius 3 is 1.97 bits per heavy atom. The van der Waals surface area contributed by atoms with Gasteiger partial charge in [0, 0.05) is 42.8 Å². The van der Waals surface area contributed by atoms with E-state index in [2.05, 4.69) is 27.7 Å². The van der Waals surface area contributed by atoms with Crippen LogP contribution >= 0.6 is 0 Å². The number of hydrogen-bond donors (Lipinski definition) is 3. The standard InChI is InChI=1S/C25H33N3O3/c1-25(2,3)27-24(31)21-10-8-20(9-11-21)23(30)26-16-18-4-6-19(7-5-18)17-28-14-12-22(29)13-15-28/h4-11,22,29H,12-17H2,1-3H3,(H,26,30)(H,27,31). The van der Waals surface area contributed by atoms with Gasteiger partial charge in [0.2, 0.25) is 0 Å². The normalized spacial score (nSPS) is 15.5. The van der Waals surface area contributed by atoms with Gasteiger partial charge in [-0.3, -0.25) is 14.5 Å². The molecule has 1 aliphatic rings. The highest BCUT2D eigenvalue weighted by molar-refractivity contribution is 5.98. The summed E-state index contributed by atoms with van der Waals surface area (Å²) in [5, 5.41) is 15.5. The summed E-state index contributed by atoms with van der Waals surface area (Å²) in [7, 11) is 0. The third-order valence-electron chi connectivity index (χ3n) is 5.34. The van der Waals surface area contributed by atoms with Gasteiger partial charge in [0.25, 0.3) is 11.8 Å². The molecular weight excluding hydrogens is 390 g/mol. The van der Waals surface area contributed by atoms with Gasteiger partial charge in [-0.05, 0) is 69.0 Å². The largest absolute Gasteiger partial charge is 0.393 e. The summed E-state index contributed by atoms with van der Waals surface area (Å²) < 4.78 is 0. The van der Waals surface area contributed by atoms with Gasteiger partial charge < -0.3 is 15.7 Å². The van der Waals surface area contributed by atoms with Crippen molar-refractivity contribution in [3.05, 3.63) is 70.8 Å². The summed E-state index contributed by atoms with van der Waals surface area (Å²) in [4.78, 5) is 27.0. The third kappa shape index (κ3) is 7.19. The Kier molecular flexibility index (Phi) is 7.46. The van der Waals surface area contributed by atoms with Crippen LogP contribution in [0.15, 0.2) is 48.5 Å². The Labute approximate surface area is 184 Å². The van der Waals surface area contributed by atoms with E-state index in [1.165, 1.54) is 5.56 Å². The number of benzene rings is 2. The van der Waals surface area contributed by atoms with E-state index in [0.717, 1.165) is 38.0 Å². The molecule has 0 unspecified atom stereocenters. The fourth-order valence-corrected chi connectivity index (χ4v) is 3.57. The first-order valence-corrected chi connectivity index (χ1v) is 10.9. The van der Waals surface area contributed by atoms with Gasteiger partial charge in [-0.25, -0.2) is 0 Å². The molecule has 2 amide bonds. The van der Waals surface area contributed by atoms with Crippen LogP contribution in [0, 0.1) is 0 Å². The Bertz CT molecular complexity index is 878. The summed E-state index contributed by atoms with van der Waals surface area (Å²) in [6, 6.07) is 14.9. The van der Waals surface area contributed by atoms with Crippen molar-refractivity contribution in [1.29, 1.82) is 0 Å². The number of piperidine rings is 1. The Morgan fingerprint density at radius 2 is 1.42 bits per heavy atom. The number of aliphatic hydroxyl groups is 1. The van der Waals surface area contributed by atoms with Crippen LogP contribution in [0.1, 0.15) is 65.5 Å². The van der Waals surface area contributed by atoms with E-state index < -0.39 is 0 Å². The predicted octanol–water partition coefficient (Wildman–Crippen LogP) is 3.10. The molecule has 2 aromatic carbocycles. The minimum atomic E-state index is -0.307. The van der Waals surface area contributed by atoms with Crippen molar-refractivity contribution < 1.29 is 14.7 Å². The van der Waals surface area contributed by atoms with Gasteiger partial charge in [-0.2, -0.15) is 0 Å². The summed E-state index contributed by atoms with van der Waals surface area (Å²) in [5.41, 5.74) is 3.02. The number of likely N-dealkylation sites (tertiary alicyclic amines) is 1. The third-order valence-corrected chi connectivity index (χ3v) is 5.34. The van der Waals surface area contributed by atoms with Crippen molar-refractivity contribution in [2.45, 2.75) is 58.3 Å². The van der Waals surface area contributed by atoms with Gasteiger partial charge in [-0.15, -0.1) is 0 Å². The van der Waals surface area contributed by atoms with E-state index in [1.807, 2.05) is 32.9 Å². The van der Waals surface area contributed by atoms with Crippen LogP contribution in [0.2, 0.25) is 0 Å². The SMILES string of the molecule is CC(C)(C)NC(=O)c1ccc(C(=O)NCc2ccc(CN3CCC(O)CC3)cc2)cc1. The van der Waals surface area contributed by atoms with E-state index in [4.69, 9.17) is 0 Å². The molecule has 0 aromatic heterocycles. The summed E-state index contributed by atoms with van der Waals surface area (Å²) in [6.07, 6.45) is 1.53. The van der Waals surface area contributed by atoms with Crippen molar-refractivity contribution in [2.24, 2.45) is 0 Å². The molecule has 0 spiro atoms. The average Bonchev–Trinajstić information content (AvgIpc) is 2.73. The Balaban J connectivity index is 1.48. The second-order valence-corrected chi connectivity index (χ2v) is 9.29. The highest BCUT2D eigenvalue weighted by Gasteiger charge is 2.17. The Morgan fingerprint density at radius 1 is 0.903 bits per heavy atom. The molecule has 0 saturated carbocycles. The maximum Gasteiger partial charge on any atom is 0.251 e. The van der Waals surface area contributed by atoms with Gasteiger partial charge in [0.1, 0.15) is 0 Å². The fraction of sp³-hybridized carbons (Fsp3) is 0.440. The zero-order valence-electron chi connectivity index (χ0n) is 18.6. The van der Waals surface area contributed by atoms with Crippen molar-refractivity contribution in [1.82, 2.24) is 15.5 Å². The van der Waals surface area contributed by atoms with Crippen molar-refractivity contribution in [3.8, 4) is 0 Å². The number of amides is 2. The fourth-order valence-electron chi connectivity index (χ4n) is 3.57. The number of nitrogens with one attached hydrogen (secondary N) is 2. The molecule has 1 saturated heterocycles. The van der Waals surface area contributed by atoms with Gasteiger partial charge in [0.15, 0.2) is 0 Å². The van der Waals surface area contributed by atoms with Crippen LogP contribution in [0.4, 0.5) is 0 Å². The second kappa shape index (κ2) is 10.1. The van der Waals surface area contributed by atoms with Crippen molar-refractivity contribution >= 4 is 11.8 Å². The monoisotopic (exact) mass is 423 g/mol. The summed E-state index contributed by atoms with van der Waals surface area (Å²) in [5.74, 6) is -0.320. The number of nitrogens with zero attached hydrogens (tertiary/aromatic N) is 1. The van der Waals surface area contributed by atoms with E-state index in [0.29, 0.717) is 17.7 Å². The molecule has 0 bridgehead atoms. The molecule has 1 fully saturated rings. The number of carbonyl (C=O) groups is 2. The topological polar surface area (TPSA) is 81.7 Å². The lowest BCUT2D eigenvalue weighted by atomic mass is 10.1. The number of carbonyl (C=O) groups excluding carboxylic acids is 2. The lowest BCUT2D eigenvalue weighted by Gasteiger charge is -2.29. The Hall–Kier alpha value is -2.70. The first-order valence-electron chi connectivity index (χ1n) is 10.9. The van der Waals surface area contributed by atoms with Crippen LogP contribution in [0.3, 0.4) is 0 Å². The quantitative estimate of drug-likeness (QED) is 0.667. The molecule has 6 nitrogen and oxygen atoms in total. The molecule has 3 N–H and O–H groups in total. The highest BCUT2D eigenvalue weighted by Crippen LogP contribution is 2.14. The molecular formula is C25H33N3O3. The maximum atomic E-state index is 12.4. The van der Waals surface area contributed by atoms with Crippen LogP contribution in [-0.4, -0.2) is 46.6 Å².